The SMILES string of the molecule is O=C(CCCCC(=O)Nc1ccc(C2OC(CN3CCN(c4ccc([N+](=O)[O-])cc4)CC3)CC(c3ccc(CO)cc3)O2)cc1)NO. The van der Waals surface area contributed by atoms with Crippen molar-refractivity contribution >= 4 is 28.9 Å². The molecule has 13 heteroatoms. The molecule has 5 rings (SSSR count). The molecule has 0 aliphatic carbocycles. The van der Waals surface area contributed by atoms with Gasteiger partial charge < -0.3 is 24.8 Å². The average molecular weight is 648 g/mol. The van der Waals surface area contributed by atoms with Gasteiger partial charge in [-0.3, -0.25) is 29.8 Å². The van der Waals surface area contributed by atoms with Crippen molar-refractivity contribution in [1.82, 2.24) is 10.4 Å². The summed E-state index contributed by atoms with van der Waals surface area (Å²) in [6.45, 7) is 3.91. The number of nitrogens with zero attached hydrogens (tertiary/aromatic N) is 3. The van der Waals surface area contributed by atoms with Crippen molar-refractivity contribution in [2.24, 2.45) is 0 Å². The molecule has 2 aliphatic rings. The van der Waals surface area contributed by atoms with Crippen LogP contribution in [0.2, 0.25) is 0 Å². The molecule has 13 nitrogen and oxygen atoms in total. The summed E-state index contributed by atoms with van der Waals surface area (Å²) in [6.07, 6.45) is 1.13. The van der Waals surface area contributed by atoms with Crippen LogP contribution in [0.1, 0.15) is 61.2 Å². The molecular weight excluding hydrogens is 606 g/mol. The highest BCUT2D eigenvalue weighted by atomic mass is 16.7. The van der Waals surface area contributed by atoms with Gasteiger partial charge in [0.25, 0.3) is 5.69 Å². The first-order valence-electron chi connectivity index (χ1n) is 15.9. The first-order valence-corrected chi connectivity index (χ1v) is 15.9. The van der Waals surface area contributed by atoms with E-state index < -0.39 is 17.1 Å². The standard InChI is InChI=1S/C34H41N5O8/c40-23-24-5-7-25(8-6-24)31-21-30(22-37-17-19-38(20-18-37)28-13-15-29(16-14-28)39(44)45)46-34(47-31)26-9-11-27(12-10-26)35-32(41)3-1-2-4-33(42)36-43/h5-16,30-31,34,40,43H,1-4,17-23H2,(H,35,41)(H,36,42). The van der Waals surface area contributed by atoms with Gasteiger partial charge in [-0.2, -0.15) is 0 Å². The molecule has 0 radical (unpaired) electrons. The molecule has 0 saturated carbocycles. The van der Waals surface area contributed by atoms with Crippen LogP contribution in [0.25, 0.3) is 0 Å². The highest BCUT2D eigenvalue weighted by Crippen LogP contribution is 2.38. The minimum atomic E-state index is -0.625. The number of unbranched alkanes of at least 4 members (excludes halogenated alkanes) is 1. The minimum Gasteiger partial charge on any atom is -0.392 e. The second-order valence-corrected chi connectivity index (χ2v) is 11.8. The molecule has 2 saturated heterocycles. The number of piperazine rings is 1. The van der Waals surface area contributed by atoms with Crippen molar-refractivity contribution in [2.75, 3.05) is 42.9 Å². The number of benzene rings is 3. The summed E-state index contributed by atoms with van der Waals surface area (Å²) >= 11 is 0. The van der Waals surface area contributed by atoms with E-state index in [0.29, 0.717) is 31.5 Å². The summed E-state index contributed by atoms with van der Waals surface area (Å²) < 4.78 is 13.0. The molecule has 3 aromatic rings. The van der Waals surface area contributed by atoms with Crippen LogP contribution in [-0.2, 0) is 25.7 Å². The van der Waals surface area contributed by atoms with Gasteiger partial charge in [0.1, 0.15) is 0 Å². The number of aliphatic hydroxyl groups is 1. The first-order chi connectivity index (χ1) is 22.8. The molecule has 3 atom stereocenters. The van der Waals surface area contributed by atoms with E-state index in [9.17, 15) is 24.8 Å². The summed E-state index contributed by atoms with van der Waals surface area (Å²) in [5.41, 5.74) is 5.93. The van der Waals surface area contributed by atoms with Gasteiger partial charge in [0.15, 0.2) is 6.29 Å². The Hall–Kier alpha value is -4.40. The Morgan fingerprint density at radius 1 is 0.851 bits per heavy atom. The van der Waals surface area contributed by atoms with Gasteiger partial charge in [0.05, 0.1) is 23.7 Å². The predicted octanol–water partition coefficient (Wildman–Crippen LogP) is 4.46. The highest BCUT2D eigenvalue weighted by Gasteiger charge is 2.34. The smallest absolute Gasteiger partial charge is 0.269 e. The second-order valence-electron chi connectivity index (χ2n) is 11.8. The molecular formula is C34H41N5O8. The fraction of sp³-hybridized carbons (Fsp3) is 0.412. The number of nitro benzene ring substituents is 1. The van der Waals surface area contributed by atoms with Crippen molar-refractivity contribution in [3.8, 4) is 0 Å². The van der Waals surface area contributed by atoms with Gasteiger partial charge in [0.2, 0.25) is 11.8 Å². The second kappa shape index (κ2) is 16.4. The van der Waals surface area contributed by atoms with E-state index in [1.54, 1.807) is 17.6 Å². The number of ether oxygens (including phenoxy) is 2. The number of nitrogens with one attached hydrogen (secondary N) is 2. The first kappa shape index (κ1) is 33.9. The van der Waals surface area contributed by atoms with Crippen molar-refractivity contribution in [3.05, 3.63) is 99.6 Å². The zero-order valence-corrected chi connectivity index (χ0v) is 26.1. The lowest BCUT2D eigenvalue weighted by Crippen LogP contribution is -2.49. The van der Waals surface area contributed by atoms with E-state index in [2.05, 4.69) is 15.1 Å². The number of anilines is 2. The molecule has 4 N–H and O–H groups in total. The Bertz CT molecular complexity index is 1480. The summed E-state index contributed by atoms with van der Waals surface area (Å²) in [4.78, 5) is 38.7. The minimum absolute atomic E-state index is 0.0320. The number of carbonyl (C=O) groups is 2. The average Bonchev–Trinajstić information content (AvgIpc) is 3.10. The van der Waals surface area contributed by atoms with Crippen molar-refractivity contribution in [3.63, 3.8) is 0 Å². The van der Waals surface area contributed by atoms with Crippen LogP contribution in [0.3, 0.4) is 0 Å². The monoisotopic (exact) mass is 647 g/mol. The third-order valence-corrected chi connectivity index (χ3v) is 8.52. The number of hydrogen-bond acceptors (Lipinski definition) is 10. The van der Waals surface area contributed by atoms with Crippen LogP contribution >= 0.6 is 0 Å². The lowest BCUT2D eigenvalue weighted by atomic mass is 9.99. The summed E-state index contributed by atoms with van der Waals surface area (Å²) in [5, 5.41) is 32.0. The number of aliphatic hydroxyl groups excluding tert-OH is 1. The Morgan fingerprint density at radius 3 is 2.11 bits per heavy atom. The molecule has 3 unspecified atom stereocenters. The summed E-state index contributed by atoms with van der Waals surface area (Å²) in [7, 11) is 0. The number of amides is 2. The van der Waals surface area contributed by atoms with Crippen LogP contribution < -0.4 is 15.7 Å². The fourth-order valence-corrected chi connectivity index (χ4v) is 5.87. The molecule has 2 fully saturated rings. The predicted molar refractivity (Wildman–Crippen MR) is 174 cm³/mol. The number of hydrogen-bond donors (Lipinski definition) is 4. The largest absolute Gasteiger partial charge is 0.392 e. The zero-order chi connectivity index (χ0) is 33.2. The number of carbonyl (C=O) groups excluding carboxylic acids is 2. The number of non-ortho nitro benzene ring substituents is 1. The van der Waals surface area contributed by atoms with E-state index in [0.717, 1.165) is 48.6 Å². The van der Waals surface area contributed by atoms with E-state index in [1.165, 1.54) is 12.1 Å². The van der Waals surface area contributed by atoms with Crippen LogP contribution in [-0.4, -0.2) is 70.8 Å². The van der Waals surface area contributed by atoms with Gasteiger partial charge >= 0.3 is 0 Å². The van der Waals surface area contributed by atoms with Crippen LogP contribution in [0.15, 0.2) is 72.8 Å². The molecule has 2 amide bonds. The number of nitro groups is 1. The van der Waals surface area contributed by atoms with Gasteiger partial charge in [-0.1, -0.05) is 36.4 Å². The third kappa shape index (κ3) is 9.56. The van der Waals surface area contributed by atoms with Crippen LogP contribution in [0, 0.1) is 10.1 Å². The van der Waals surface area contributed by atoms with Crippen molar-refractivity contribution in [1.29, 1.82) is 0 Å². The fourth-order valence-electron chi connectivity index (χ4n) is 5.87. The van der Waals surface area contributed by atoms with Gasteiger partial charge in [-0.25, -0.2) is 5.48 Å². The Balaban J connectivity index is 1.20. The van der Waals surface area contributed by atoms with Gasteiger partial charge in [0, 0.05) is 81.1 Å². The Kier molecular flexibility index (Phi) is 11.9. The molecule has 47 heavy (non-hydrogen) atoms. The quantitative estimate of drug-likeness (QED) is 0.0900. The Labute approximate surface area is 273 Å². The Morgan fingerprint density at radius 2 is 1.49 bits per heavy atom. The third-order valence-electron chi connectivity index (χ3n) is 8.52. The zero-order valence-electron chi connectivity index (χ0n) is 26.1. The maximum Gasteiger partial charge on any atom is 0.269 e. The number of hydroxylamine groups is 1. The van der Waals surface area contributed by atoms with E-state index in [1.807, 2.05) is 48.5 Å². The maximum absolute atomic E-state index is 12.4. The number of rotatable bonds is 13. The van der Waals surface area contributed by atoms with E-state index >= 15 is 0 Å². The molecule has 0 spiro atoms. The van der Waals surface area contributed by atoms with Gasteiger partial charge in [-0.05, 0) is 48.2 Å². The summed E-state index contributed by atoms with van der Waals surface area (Å²) in [5.74, 6) is -0.630. The highest BCUT2D eigenvalue weighted by molar-refractivity contribution is 5.90. The molecule has 3 aromatic carbocycles. The maximum atomic E-state index is 12.4. The van der Waals surface area contributed by atoms with Crippen molar-refractivity contribution < 1.29 is 34.3 Å². The van der Waals surface area contributed by atoms with E-state index in [-0.39, 0.29) is 43.3 Å². The normalized spacial score (nSPS) is 20.0. The summed E-state index contributed by atoms with van der Waals surface area (Å²) in [6, 6.07) is 21.8. The van der Waals surface area contributed by atoms with Crippen molar-refractivity contribution in [2.45, 2.75) is 57.2 Å². The lowest BCUT2D eigenvalue weighted by molar-refractivity contribution is -0.384. The topological polar surface area (TPSA) is 167 Å². The molecule has 0 aromatic heterocycles. The molecule has 2 heterocycles. The molecule has 250 valence electrons. The van der Waals surface area contributed by atoms with Crippen LogP contribution in [0.4, 0.5) is 17.1 Å². The van der Waals surface area contributed by atoms with Gasteiger partial charge in [-0.15, -0.1) is 0 Å². The molecule has 2 aliphatic heterocycles. The van der Waals surface area contributed by atoms with E-state index in [4.69, 9.17) is 14.7 Å². The lowest BCUT2D eigenvalue weighted by Gasteiger charge is -2.41. The molecule has 0 bridgehead atoms. The van der Waals surface area contributed by atoms with Crippen LogP contribution in [0.5, 0.6) is 0 Å².